The minimum atomic E-state index is 0.127. The molecule has 0 radical (unpaired) electrons. The molecule has 2 aromatic heterocycles. The van der Waals surface area contributed by atoms with Crippen molar-refractivity contribution in [2.75, 3.05) is 19.6 Å². The van der Waals surface area contributed by atoms with Gasteiger partial charge in [0.1, 0.15) is 0 Å². The standard InChI is InChI=1S/C25H37N5O2/c1-4-25(32)29-13-12-20(16-29)22-14-23-27-17(2)21(18(3)30(23)28-22)10-11-24(31)26-15-19-8-6-5-7-9-19/h14,19-20H,4-13,15-16H2,1-3H3,(H,26,31)/t20-/m1/s1. The van der Waals surface area contributed by atoms with Crippen molar-refractivity contribution in [3.8, 4) is 0 Å². The fourth-order valence-electron chi connectivity index (χ4n) is 5.33. The van der Waals surface area contributed by atoms with Crippen LogP contribution in [0.15, 0.2) is 6.07 Å². The van der Waals surface area contributed by atoms with Gasteiger partial charge < -0.3 is 10.2 Å². The average Bonchev–Trinajstić information content (AvgIpc) is 3.45. The zero-order valence-corrected chi connectivity index (χ0v) is 19.8. The van der Waals surface area contributed by atoms with Crippen LogP contribution in [0.1, 0.15) is 86.9 Å². The van der Waals surface area contributed by atoms with E-state index in [2.05, 4.69) is 18.3 Å². The van der Waals surface area contributed by atoms with Crippen LogP contribution in [0.2, 0.25) is 0 Å². The number of hydrogen-bond donors (Lipinski definition) is 1. The predicted molar refractivity (Wildman–Crippen MR) is 125 cm³/mol. The highest BCUT2D eigenvalue weighted by molar-refractivity contribution is 5.76. The molecule has 0 aromatic carbocycles. The Bertz CT molecular complexity index is 976. The SMILES string of the molecule is CCC(=O)N1CC[C@@H](c2cc3nc(C)c(CCC(=O)NCC4CCCCC4)c(C)n3n2)C1. The predicted octanol–water partition coefficient (Wildman–Crippen LogP) is 3.70. The summed E-state index contributed by atoms with van der Waals surface area (Å²) >= 11 is 0. The van der Waals surface area contributed by atoms with Gasteiger partial charge in [-0.1, -0.05) is 26.2 Å². The molecule has 1 aliphatic heterocycles. The van der Waals surface area contributed by atoms with Gasteiger partial charge in [0.15, 0.2) is 5.65 Å². The van der Waals surface area contributed by atoms with Crippen LogP contribution in [0.5, 0.6) is 0 Å². The van der Waals surface area contributed by atoms with Gasteiger partial charge in [-0.25, -0.2) is 9.50 Å². The van der Waals surface area contributed by atoms with E-state index in [4.69, 9.17) is 10.1 Å². The number of fused-ring (bicyclic) bond motifs is 1. The molecule has 2 fully saturated rings. The van der Waals surface area contributed by atoms with E-state index in [1.165, 1.54) is 32.1 Å². The average molecular weight is 440 g/mol. The van der Waals surface area contributed by atoms with Crippen LogP contribution in [0.25, 0.3) is 5.65 Å². The molecule has 2 amide bonds. The summed E-state index contributed by atoms with van der Waals surface area (Å²) in [6.45, 7) is 8.35. The Morgan fingerprint density at radius 2 is 1.94 bits per heavy atom. The molecule has 32 heavy (non-hydrogen) atoms. The topological polar surface area (TPSA) is 79.6 Å². The molecular weight excluding hydrogens is 402 g/mol. The van der Waals surface area contributed by atoms with Crippen molar-refractivity contribution in [2.45, 2.75) is 84.5 Å². The van der Waals surface area contributed by atoms with E-state index in [9.17, 15) is 9.59 Å². The van der Waals surface area contributed by atoms with Crippen LogP contribution < -0.4 is 5.32 Å². The van der Waals surface area contributed by atoms with Gasteiger partial charge in [0.05, 0.1) is 5.69 Å². The van der Waals surface area contributed by atoms with Crippen LogP contribution in [-0.2, 0) is 16.0 Å². The maximum absolute atomic E-state index is 12.4. The maximum Gasteiger partial charge on any atom is 0.222 e. The number of aromatic nitrogens is 3. The number of carbonyl (C=O) groups is 2. The number of carbonyl (C=O) groups excluding carboxylic acids is 2. The number of rotatable bonds is 7. The summed E-state index contributed by atoms with van der Waals surface area (Å²) in [5, 5.41) is 8.00. The Balaban J connectivity index is 1.40. The maximum atomic E-state index is 12.4. The molecule has 0 spiro atoms. The first kappa shape index (κ1) is 22.7. The summed E-state index contributed by atoms with van der Waals surface area (Å²) in [5.41, 5.74) is 4.98. The Hall–Kier alpha value is -2.44. The largest absolute Gasteiger partial charge is 0.356 e. The lowest BCUT2D eigenvalue weighted by Crippen LogP contribution is -2.30. The van der Waals surface area contributed by atoms with Crippen molar-refractivity contribution in [3.63, 3.8) is 0 Å². The lowest BCUT2D eigenvalue weighted by atomic mass is 9.89. The van der Waals surface area contributed by atoms with Crippen LogP contribution in [-0.4, -0.2) is 50.9 Å². The van der Waals surface area contributed by atoms with E-state index in [0.29, 0.717) is 25.2 Å². The van der Waals surface area contributed by atoms with Crippen molar-refractivity contribution >= 4 is 17.5 Å². The molecule has 1 aliphatic carbocycles. The Morgan fingerprint density at radius 3 is 2.69 bits per heavy atom. The highest BCUT2D eigenvalue weighted by Crippen LogP contribution is 2.28. The van der Waals surface area contributed by atoms with Crippen molar-refractivity contribution < 1.29 is 9.59 Å². The molecule has 1 atom stereocenters. The molecular formula is C25H37N5O2. The second-order valence-corrected chi connectivity index (χ2v) is 9.59. The van der Waals surface area contributed by atoms with Gasteiger partial charge in [0.25, 0.3) is 0 Å². The molecule has 0 unspecified atom stereocenters. The molecule has 2 aliphatic rings. The van der Waals surface area contributed by atoms with Gasteiger partial charge in [0.2, 0.25) is 11.8 Å². The van der Waals surface area contributed by atoms with Crippen LogP contribution in [0, 0.1) is 19.8 Å². The molecule has 0 bridgehead atoms. The van der Waals surface area contributed by atoms with Crippen molar-refractivity contribution in [3.05, 3.63) is 28.7 Å². The van der Waals surface area contributed by atoms with Gasteiger partial charge in [0, 0.05) is 55.8 Å². The Kier molecular flexibility index (Phi) is 7.11. The van der Waals surface area contributed by atoms with E-state index in [0.717, 1.165) is 54.3 Å². The van der Waals surface area contributed by atoms with Gasteiger partial charge in [-0.2, -0.15) is 5.10 Å². The molecule has 1 saturated heterocycles. The number of amides is 2. The van der Waals surface area contributed by atoms with Gasteiger partial charge in [-0.15, -0.1) is 0 Å². The number of aryl methyl sites for hydroxylation is 2. The third-order valence-corrected chi connectivity index (χ3v) is 7.36. The summed E-state index contributed by atoms with van der Waals surface area (Å²) in [4.78, 5) is 31.2. The van der Waals surface area contributed by atoms with Crippen LogP contribution in [0.4, 0.5) is 0 Å². The molecule has 174 valence electrons. The highest BCUT2D eigenvalue weighted by Gasteiger charge is 2.28. The van der Waals surface area contributed by atoms with Gasteiger partial charge >= 0.3 is 0 Å². The van der Waals surface area contributed by atoms with E-state index in [1.807, 2.05) is 23.3 Å². The second kappa shape index (κ2) is 10.0. The minimum absolute atomic E-state index is 0.127. The molecule has 7 nitrogen and oxygen atoms in total. The van der Waals surface area contributed by atoms with Gasteiger partial charge in [-0.05, 0) is 51.0 Å². The molecule has 2 aromatic rings. The number of hydrogen-bond acceptors (Lipinski definition) is 4. The van der Waals surface area contributed by atoms with E-state index >= 15 is 0 Å². The smallest absolute Gasteiger partial charge is 0.222 e. The lowest BCUT2D eigenvalue weighted by molar-refractivity contribution is -0.129. The van der Waals surface area contributed by atoms with E-state index in [-0.39, 0.29) is 17.7 Å². The third kappa shape index (κ3) is 4.97. The summed E-state index contributed by atoms with van der Waals surface area (Å²) in [6, 6.07) is 2.06. The van der Waals surface area contributed by atoms with E-state index < -0.39 is 0 Å². The summed E-state index contributed by atoms with van der Waals surface area (Å²) in [7, 11) is 0. The first-order valence-electron chi connectivity index (χ1n) is 12.4. The van der Waals surface area contributed by atoms with Crippen molar-refractivity contribution in [2.24, 2.45) is 5.92 Å². The van der Waals surface area contributed by atoms with Crippen molar-refractivity contribution in [1.29, 1.82) is 0 Å². The number of likely N-dealkylation sites (tertiary alicyclic amines) is 1. The Morgan fingerprint density at radius 1 is 1.16 bits per heavy atom. The summed E-state index contributed by atoms with van der Waals surface area (Å²) in [6.07, 6.45) is 9.06. The minimum Gasteiger partial charge on any atom is -0.356 e. The third-order valence-electron chi connectivity index (χ3n) is 7.36. The number of nitrogens with one attached hydrogen (secondary N) is 1. The van der Waals surface area contributed by atoms with Gasteiger partial charge in [-0.3, -0.25) is 9.59 Å². The quantitative estimate of drug-likeness (QED) is 0.713. The fourth-order valence-corrected chi connectivity index (χ4v) is 5.33. The molecule has 1 N–H and O–H groups in total. The van der Waals surface area contributed by atoms with Crippen LogP contribution >= 0.6 is 0 Å². The first-order chi connectivity index (χ1) is 15.5. The van der Waals surface area contributed by atoms with Crippen molar-refractivity contribution in [1.82, 2.24) is 24.8 Å². The highest BCUT2D eigenvalue weighted by atomic mass is 16.2. The lowest BCUT2D eigenvalue weighted by Gasteiger charge is -2.21. The fraction of sp³-hybridized carbons (Fsp3) is 0.680. The molecule has 3 heterocycles. The number of nitrogens with zero attached hydrogens (tertiary/aromatic N) is 4. The molecule has 7 heteroatoms. The van der Waals surface area contributed by atoms with E-state index in [1.54, 1.807) is 0 Å². The second-order valence-electron chi connectivity index (χ2n) is 9.59. The first-order valence-corrected chi connectivity index (χ1v) is 12.4. The molecule has 4 rings (SSSR count). The zero-order chi connectivity index (χ0) is 22.7. The normalized spacial score (nSPS) is 19.6. The van der Waals surface area contributed by atoms with Crippen LogP contribution in [0.3, 0.4) is 0 Å². The Labute approximate surface area is 191 Å². The molecule has 1 saturated carbocycles. The monoisotopic (exact) mass is 439 g/mol. The zero-order valence-electron chi connectivity index (χ0n) is 19.8. The summed E-state index contributed by atoms with van der Waals surface area (Å²) < 4.78 is 1.92. The summed E-state index contributed by atoms with van der Waals surface area (Å²) in [5.74, 6) is 1.25.